The third kappa shape index (κ3) is 3.71. The molecule has 3 nitrogen and oxygen atoms in total. The largest absolute Gasteiger partial charge is 0.384 e. The molecule has 0 aliphatic carbocycles. The Labute approximate surface area is 117 Å². The van der Waals surface area contributed by atoms with Crippen molar-refractivity contribution in [2.75, 3.05) is 38.5 Å². The molecule has 0 aromatic heterocycles. The number of rotatable bonds is 4. The Kier molecular flexibility index (Phi) is 4.83. The second-order valence-electron chi connectivity index (χ2n) is 5.86. The van der Waals surface area contributed by atoms with E-state index in [1.54, 1.807) is 0 Å². The molecule has 3 heteroatoms. The van der Waals surface area contributed by atoms with Crippen molar-refractivity contribution in [3.63, 3.8) is 0 Å². The molecule has 0 radical (unpaired) electrons. The van der Waals surface area contributed by atoms with E-state index in [9.17, 15) is 0 Å². The maximum Gasteiger partial charge on any atom is 0.0370 e. The molecule has 2 atom stereocenters. The SMILES string of the molecule is Cc1ccccc1NCCN1CC(C)N(C)C(C)C1. The van der Waals surface area contributed by atoms with Crippen molar-refractivity contribution in [2.45, 2.75) is 32.9 Å². The second kappa shape index (κ2) is 6.40. The van der Waals surface area contributed by atoms with Crippen molar-refractivity contribution >= 4 is 5.69 Å². The van der Waals surface area contributed by atoms with E-state index in [0.717, 1.165) is 13.1 Å². The highest BCUT2D eigenvalue weighted by atomic mass is 15.3. The summed E-state index contributed by atoms with van der Waals surface area (Å²) in [5.41, 5.74) is 2.58. The lowest BCUT2D eigenvalue weighted by molar-refractivity contribution is 0.0626. The van der Waals surface area contributed by atoms with Gasteiger partial charge >= 0.3 is 0 Å². The molecular formula is C16H27N3. The third-order valence-electron chi connectivity index (χ3n) is 4.32. The van der Waals surface area contributed by atoms with E-state index in [1.807, 2.05) is 0 Å². The fraction of sp³-hybridized carbons (Fsp3) is 0.625. The molecule has 1 aromatic carbocycles. The monoisotopic (exact) mass is 261 g/mol. The summed E-state index contributed by atoms with van der Waals surface area (Å²) in [4.78, 5) is 5.05. The Bertz CT molecular complexity index is 393. The van der Waals surface area contributed by atoms with Crippen molar-refractivity contribution < 1.29 is 0 Å². The summed E-state index contributed by atoms with van der Waals surface area (Å²) in [5, 5.41) is 3.55. The topological polar surface area (TPSA) is 18.5 Å². The number of piperazine rings is 1. The van der Waals surface area contributed by atoms with Crippen LogP contribution in [0.2, 0.25) is 0 Å². The molecule has 0 bridgehead atoms. The minimum Gasteiger partial charge on any atom is -0.384 e. The fourth-order valence-electron chi connectivity index (χ4n) is 2.82. The van der Waals surface area contributed by atoms with Crippen LogP contribution in [-0.2, 0) is 0 Å². The van der Waals surface area contributed by atoms with Gasteiger partial charge in [0.15, 0.2) is 0 Å². The number of benzene rings is 1. The lowest BCUT2D eigenvalue weighted by Gasteiger charge is -2.42. The van der Waals surface area contributed by atoms with Gasteiger partial charge in [-0.15, -0.1) is 0 Å². The molecule has 1 N–H and O–H groups in total. The molecule has 1 heterocycles. The minimum atomic E-state index is 0.655. The molecule has 19 heavy (non-hydrogen) atoms. The van der Waals surface area contributed by atoms with Crippen LogP contribution in [0.25, 0.3) is 0 Å². The van der Waals surface area contributed by atoms with Crippen LogP contribution < -0.4 is 5.32 Å². The molecule has 0 spiro atoms. The Balaban J connectivity index is 1.79. The first-order chi connectivity index (χ1) is 9.08. The van der Waals surface area contributed by atoms with Crippen molar-refractivity contribution in [1.82, 2.24) is 9.80 Å². The molecule has 2 rings (SSSR count). The van der Waals surface area contributed by atoms with E-state index >= 15 is 0 Å². The quantitative estimate of drug-likeness (QED) is 0.898. The standard InChI is InChI=1S/C16H27N3/c1-13-7-5-6-8-16(13)17-9-10-19-11-14(2)18(4)15(3)12-19/h5-8,14-15,17H,9-12H2,1-4H3. The maximum absolute atomic E-state index is 3.55. The lowest BCUT2D eigenvalue weighted by Crippen LogP contribution is -2.55. The van der Waals surface area contributed by atoms with Crippen molar-refractivity contribution in [1.29, 1.82) is 0 Å². The molecule has 1 aliphatic heterocycles. The van der Waals surface area contributed by atoms with Crippen LogP contribution >= 0.6 is 0 Å². The van der Waals surface area contributed by atoms with Crippen LogP contribution in [0.4, 0.5) is 5.69 Å². The molecule has 1 fully saturated rings. The van der Waals surface area contributed by atoms with Gasteiger partial charge in [0.2, 0.25) is 0 Å². The number of anilines is 1. The second-order valence-corrected chi connectivity index (χ2v) is 5.86. The predicted molar refractivity (Wildman–Crippen MR) is 82.8 cm³/mol. The lowest BCUT2D eigenvalue weighted by atomic mass is 10.1. The van der Waals surface area contributed by atoms with Gasteiger partial charge in [-0.25, -0.2) is 0 Å². The van der Waals surface area contributed by atoms with E-state index < -0.39 is 0 Å². The fourth-order valence-corrected chi connectivity index (χ4v) is 2.82. The summed E-state index contributed by atoms with van der Waals surface area (Å²) in [6, 6.07) is 9.80. The zero-order chi connectivity index (χ0) is 13.8. The van der Waals surface area contributed by atoms with E-state index in [2.05, 4.69) is 67.2 Å². The van der Waals surface area contributed by atoms with Crippen molar-refractivity contribution in [3.8, 4) is 0 Å². The van der Waals surface area contributed by atoms with Gasteiger partial charge in [-0.2, -0.15) is 0 Å². The summed E-state index contributed by atoms with van der Waals surface area (Å²) < 4.78 is 0. The first-order valence-electron chi connectivity index (χ1n) is 7.31. The highest BCUT2D eigenvalue weighted by Gasteiger charge is 2.25. The van der Waals surface area contributed by atoms with Gasteiger partial charge < -0.3 is 5.32 Å². The summed E-state index contributed by atoms with van der Waals surface area (Å²) in [5.74, 6) is 0. The van der Waals surface area contributed by atoms with Crippen molar-refractivity contribution in [2.24, 2.45) is 0 Å². The van der Waals surface area contributed by atoms with Crippen LogP contribution in [0.3, 0.4) is 0 Å². The summed E-state index contributed by atoms with van der Waals surface area (Å²) >= 11 is 0. The average molecular weight is 261 g/mol. The van der Waals surface area contributed by atoms with Crippen LogP contribution in [0.5, 0.6) is 0 Å². The number of likely N-dealkylation sites (N-methyl/N-ethyl adjacent to an activating group) is 1. The van der Waals surface area contributed by atoms with Gasteiger partial charge in [-0.3, -0.25) is 9.80 Å². The zero-order valence-corrected chi connectivity index (χ0v) is 12.7. The Morgan fingerprint density at radius 1 is 1.16 bits per heavy atom. The van der Waals surface area contributed by atoms with E-state index in [-0.39, 0.29) is 0 Å². The normalized spacial score (nSPS) is 25.5. The zero-order valence-electron chi connectivity index (χ0n) is 12.7. The Hall–Kier alpha value is -1.06. The minimum absolute atomic E-state index is 0.655. The molecule has 1 saturated heterocycles. The van der Waals surface area contributed by atoms with Gasteiger partial charge in [0.1, 0.15) is 0 Å². The first-order valence-corrected chi connectivity index (χ1v) is 7.31. The molecular weight excluding hydrogens is 234 g/mol. The predicted octanol–water partition coefficient (Wildman–Crippen LogP) is 2.43. The molecule has 106 valence electrons. The highest BCUT2D eigenvalue weighted by Crippen LogP contribution is 2.14. The number of hydrogen-bond donors (Lipinski definition) is 1. The molecule has 0 amide bonds. The van der Waals surface area contributed by atoms with Crippen LogP contribution in [-0.4, -0.2) is 55.1 Å². The van der Waals surface area contributed by atoms with E-state index in [1.165, 1.54) is 24.3 Å². The van der Waals surface area contributed by atoms with E-state index in [0.29, 0.717) is 12.1 Å². The summed E-state index contributed by atoms with van der Waals surface area (Å²) in [6.07, 6.45) is 0. The Morgan fingerprint density at radius 3 is 2.42 bits per heavy atom. The third-order valence-corrected chi connectivity index (χ3v) is 4.32. The number of para-hydroxylation sites is 1. The van der Waals surface area contributed by atoms with Crippen LogP contribution in [0, 0.1) is 6.92 Å². The van der Waals surface area contributed by atoms with E-state index in [4.69, 9.17) is 0 Å². The first kappa shape index (κ1) is 14.4. The number of nitrogens with one attached hydrogen (secondary N) is 1. The van der Waals surface area contributed by atoms with Crippen LogP contribution in [0.15, 0.2) is 24.3 Å². The van der Waals surface area contributed by atoms with Crippen LogP contribution in [0.1, 0.15) is 19.4 Å². The molecule has 1 aromatic rings. The highest BCUT2D eigenvalue weighted by molar-refractivity contribution is 5.50. The van der Waals surface area contributed by atoms with Gasteiger partial charge in [0.25, 0.3) is 0 Å². The van der Waals surface area contributed by atoms with Gasteiger partial charge in [-0.1, -0.05) is 18.2 Å². The van der Waals surface area contributed by atoms with Gasteiger partial charge in [0.05, 0.1) is 0 Å². The molecule has 0 saturated carbocycles. The Morgan fingerprint density at radius 2 is 1.79 bits per heavy atom. The van der Waals surface area contributed by atoms with Crippen molar-refractivity contribution in [3.05, 3.63) is 29.8 Å². The molecule has 1 aliphatic rings. The summed E-state index contributed by atoms with van der Waals surface area (Å²) in [7, 11) is 2.23. The van der Waals surface area contributed by atoms with Gasteiger partial charge in [0, 0.05) is 44.0 Å². The summed E-state index contributed by atoms with van der Waals surface area (Å²) in [6.45, 7) is 11.3. The average Bonchev–Trinajstić information content (AvgIpc) is 2.38. The maximum atomic E-state index is 3.55. The molecule has 2 unspecified atom stereocenters. The van der Waals surface area contributed by atoms with Gasteiger partial charge in [-0.05, 0) is 39.4 Å². The number of aryl methyl sites for hydroxylation is 1. The number of hydrogen-bond acceptors (Lipinski definition) is 3. The smallest absolute Gasteiger partial charge is 0.0370 e. The number of nitrogens with zero attached hydrogens (tertiary/aromatic N) is 2.